The molecule has 0 fully saturated rings. The van der Waals surface area contributed by atoms with Crippen LogP contribution >= 0.6 is 27.3 Å². The molecule has 3 rings (SSSR count). The van der Waals surface area contributed by atoms with Crippen molar-refractivity contribution in [1.29, 1.82) is 0 Å². The van der Waals surface area contributed by atoms with Crippen LogP contribution in [0.5, 0.6) is 0 Å². The maximum Gasteiger partial charge on any atom is 0.269 e. The molecular weight excluding hydrogens is 332 g/mol. The highest BCUT2D eigenvalue weighted by Gasteiger charge is 2.18. The van der Waals surface area contributed by atoms with E-state index in [9.17, 15) is 0 Å². The maximum absolute atomic E-state index is 3.54. The van der Waals surface area contributed by atoms with Crippen LogP contribution in [0, 0.1) is 0 Å². The first-order valence-electron chi connectivity index (χ1n) is 6.42. The van der Waals surface area contributed by atoms with Crippen molar-refractivity contribution in [1.82, 2.24) is 0 Å². The molecule has 0 unspecified atom stereocenters. The van der Waals surface area contributed by atoms with E-state index < -0.39 is 0 Å². The molecule has 2 aromatic carbocycles. The largest absolute Gasteiger partial charge is 0.378 e. The molecule has 102 valence electrons. The van der Waals surface area contributed by atoms with Crippen LogP contribution in [0.3, 0.4) is 0 Å². The number of rotatable bonds is 2. The van der Waals surface area contributed by atoms with Crippen molar-refractivity contribution in [3.63, 3.8) is 0 Å². The van der Waals surface area contributed by atoms with Gasteiger partial charge in [-0.1, -0.05) is 27.3 Å². The van der Waals surface area contributed by atoms with E-state index in [1.807, 2.05) is 11.3 Å². The van der Waals surface area contributed by atoms with Gasteiger partial charge >= 0.3 is 0 Å². The lowest BCUT2D eigenvalue weighted by Gasteiger charge is -2.11. The predicted molar refractivity (Wildman–Crippen MR) is 90.5 cm³/mol. The third-order valence-corrected chi connectivity index (χ3v) is 5.17. The van der Waals surface area contributed by atoms with Gasteiger partial charge in [0.1, 0.15) is 11.7 Å². The molecule has 0 amide bonds. The normalized spacial score (nSPS) is 11.0. The Bertz CT molecular complexity index is 760. The Labute approximate surface area is 131 Å². The molecule has 0 aliphatic rings. The number of fused-ring (bicyclic) bond motifs is 1. The first kappa shape index (κ1) is 13.6. The monoisotopic (exact) mass is 347 g/mol. The highest BCUT2D eigenvalue weighted by Crippen LogP contribution is 2.30. The van der Waals surface area contributed by atoms with Gasteiger partial charge in [0.05, 0.1) is 5.56 Å². The van der Waals surface area contributed by atoms with Crippen molar-refractivity contribution in [3.8, 4) is 10.6 Å². The zero-order valence-electron chi connectivity index (χ0n) is 11.7. The molecular formula is C16H16BrN2S+. The Morgan fingerprint density at radius 1 is 1.05 bits per heavy atom. The Kier molecular flexibility index (Phi) is 3.52. The number of hydrogen-bond acceptors (Lipinski definition) is 2. The number of thiazole rings is 1. The third kappa shape index (κ3) is 2.34. The Morgan fingerprint density at radius 3 is 2.40 bits per heavy atom. The van der Waals surface area contributed by atoms with Crippen LogP contribution in [0.4, 0.5) is 5.69 Å². The van der Waals surface area contributed by atoms with Crippen LogP contribution in [0.25, 0.3) is 20.8 Å². The fourth-order valence-electron chi connectivity index (χ4n) is 2.28. The summed E-state index contributed by atoms with van der Waals surface area (Å²) in [4.78, 5) is 2.12. The van der Waals surface area contributed by atoms with E-state index >= 15 is 0 Å². The number of halogens is 1. The van der Waals surface area contributed by atoms with Gasteiger partial charge in [0.15, 0.2) is 0 Å². The SMILES string of the molecule is CN(C)c1ccc(-c2sc3cc(Br)ccc3[n+]2C)cc1. The number of anilines is 1. The predicted octanol–water partition coefficient (Wildman–Crippen LogP) is 4.22. The quantitative estimate of drug-likeness (QED) is 0.629. The Balaban J connectivity index is 2.11. The van der Waals surface area contributed by atoms with Crippen LogP contribution in [-0.4, -0.2) is 14.1 Å². The number of aromatic nitrogens is 1. The van der Waals surface area contributed by atoms with E-state index in [0.29, 0.717) is 0 Å². The summed E-state index contributed by atoms with van der Waals surface area (Å²) in [6.45, 7) is 0. The highest BCUT2D eigenvalue weighted by molar-refractivity contribution is 9.10. The minimum Gasteiger partial charge on any atom is -0.378 e. The van der Waals surface area contributed by atoms with Crippen LogP contribution in [0.2, 0.25) is 0 Å². The summed E-state index contributed by atoms with van der Waals surface area (Å²) in [7, 11) is 6.25. The minimum atomic E-state index is 1.13. The van der Waals surface area contributed by atoms with Gasteiger partial charge < -0.3 is 4.90 Å². The van der Waals surface area contributed by atoms with Crippen LogP contribution in [0.15, 0.2) is 46.9 Å². The molecule has 3 aromatic rings. The molecule has 0 aliphatic heterocycles. The van der Waals surface area contributed by atoms with E-state index in [1.165, 1.54) is 26.5 Å². The van der Waals surface area contributed by atoms with Gasteiger partial charge in [-0.3, -0.25) is 0 Å². The van der Waals surface area contributed by atoms with Crippen LogP contribution < -0.4 is 9.47 Å². The maximum atomic E-state index is 3.54. The molecule has 0 aliphatic carbocycles. The average molecular weight is 348 g/mol. The second-order valence-corrected chi connectivity index (χ2v) is 6.97. The molecule has 0 spiro atoms. The van der Waals surface area contributed by atoms with Crippen LogP contribution in [-0.2, 0) is 7.05 Å². The van der Waals surface area contributed by atoms with Crippen molar-refractivity contribution < 1.29 is 4.57 Å². The lowest BCUT2D eigenvalue weighted by molar-refractivity contribution is -0.629. The Hall–Kier alpha value is -1.39. The van der Waals surface area contributed by atoms with Crippen LogP contribution in [0.1, 0.15) is 0 Å². The van der Waals surface area contributed by atoms with Crippen molar-refractivity contribution in [2.45, 2.75) is 0 Å². The summed E-state index contributed by atoms with van der Waals surface area (Å²) in [5, 5.41) is 1.28. The average Bonchev–Trinajstić information content (AvgIpc) is 2.75. The molecule has 2 nitrogen and oxygen atoms in total. The first-order valence-corrected chi connectivity index (χ1v) is 8.03. The number of nitrogens with zero attached hydrogens (tertiary/aromatic N) is 2. The second kappa shape index (κ2) is 5.19. The van der Waals surface area contributed by atoms with E-state index in [-0.39, 0.29) is 0 Å². The molecule has 0 bridgehead atoms. The minimum absolute atomic E-state index is 1.13. The summed E-state index contributed by atoms with van der Waals surface area (Å²) in [6.07, 6.45) is 0. The summed E-state index contributed by atoms with van der Waals surface area (Å²) >= 11 is 5.36. The molecule has 0 radical (unpaired) electrons. The molecule has 1 aromatic heterocycles. The van der Waals surface area contributed by atoms with Gasteiger partial charge in [-0.15, -0.1) is 0 Å². The van der Waals surface area contributed by atoms with Gasteiger partial charge in [0, 0.05) is 30.3 Å². The van der Waals surface area contributed by atoms with Crippen molar-refractivity contribution in [2.75, 3.05) is 19.0 Å². The molecule has 20 heavy (non-hydrogen) atoms. The topological polar surface area (TPSA) is 7.12 Å². The number of benzene rings is 2. The molecule has 0 atom stereocenters. The Morgan fingerprint density at radius 2 is 1.75 bits per heavy atom. The summed E-state index contributed by atoms with van der Waals surface area (Å²) in [5.74, 6) is 0. The highest BCUT2D eigenvalue weighted by atomic mass is 79.9. The third-order valence-electron chi connectivity index (χ3n) is 3.43. The lowest BCUT2D eigenvalue weighted by Crippen LogP contribution is -2.28. The van der Waals surface area contributed by atoms with Crippen molar-refractivity contribution >= 4 is 43.2 Å². The smallest absolute Gasteiger partial charge is 0.269 e. The molecule has 4 heteroatoms. The van der Waals surface area contributed by atoms with E-state index in [4.69, 9.17) is 0 Å². The van der Waals surface area contributed by atoms with Gasteiger partial charge in [0.2, 0.25) is 5.52 Å². The van der Waals surface area contributed by atoms with E-state index in [1.54, 1.807) is 0 Å². The molecule has 0 saturated heterocycles. The standard InChI is InChI=1S/C16H16BrN2S/c1-18(2)13-7-4-11(5-8-13)16-19(3)14-9-6-12(17)10-15(14)20-16/h4-10H,1-3H3/q+1. The summed E-state index contributed by atoms with van der Waals surface area (Å²) < 4.78 is 4.69. The zero-order chi connectivity index (χ0) is 14.3. The zero-order valence-corrected chi connectivity index (χ0v) is 14.1. The number of hydrogen-bond donors (Lipinski definition) is 0. The van der Waals surface area contributed by atoms with Crippen molar-refractivity contribution in [2.24, 2.45) is 7.05 Å². The van der Waals surface area contributed by atoms with Gasteiger partial charge in [-0.2, -0.15) is 4.57 Å². The van der Waals surface area contributed by atoms with E-state index in [0.717, 1.165) is 4.47 Å². The van der Waals surface area contributed by atoms with Gasteiger partial charge in [0.25, 0.3) is 5.01 Å². The van der Waals surface area contributed by atoms with Gasteiger partial charge in [-0.05, 0) is 36.4 Å². The van der Waals surface area contributed by atoms with Crippen molar-refractivity contribution in [3.05, 3.63) is 46.9 Å². The fourth-order valence-corrected chi connectivity index (χ4v) is 3.99. The number of aryl methyl sites for hydroxylation is 1. The molecule has 0 saturated carbocycles. The second-order valence-electron chi connectivity index (χ2n) is 5.02. The summed E-state index contributed by atoms with van der Waals surface area (Å²) in [5.41, 5.74) is 3.75. The molecule has 1 heterocycles. The van der Waals surface area contributed by atoms with Gasteiger partial charge in [-0.25, -0.2) is 0 Å². The lowest BCUT2D eigenvalue weighted by atomic mass is 10.2. The molecule has 0 N–H and O–H groups in total. The van der Waals surface area contributed by atoms with E-state index in [2.05, 4.69) is 89.0 Å². The fraction of sp³-hybridized carbons (Fsp3) is 0.188. The summed E-state index contributed by atoms with van der Waals surface area (Å²) in [6, 6.07) is 15.1. The first-order chi connectivity index (χ1) is 9.56.